The molecule has 0 fully saturated rings. The Morgan fingerprint density at radius 2 is 1.73 bits per heavy atom. The number of rotatable bonds is 3. The third kappa shape index (κ3) is 4.53. The van der Waals surface area contributed by atoms with E-state index in [1.807, 2.05) is 18.2 Å². The standard InChI is InChI=1S/C19H14Cl3F3S/c20-15-9-13(10-16(21)18(15)22)14(19(23,24)25)5-3-11-4-6-17-12(8-11)2-1-7-26-17/h3-6,8-10,14H,1-2,7H2/b5-3+. The summed E-state index contributed by atoms with van der Waals surface area (Å²) >= 11 is 19.4. The molecule has 0 saturated carbocycles. The molecule has 2 aromatic carbocycles. The lowest BCUT2D eigenvalue weighted by Crippen LogP contribution is -2.19. The summed E-state index contributed by atoms with van der Waals surface area (Å²) in [5, 5.41) is 0.0550. The second-order valence-electron chi connectivity index (χ2n) is 6.00. The Labute approximate surface area is 169 Å². The largest absolute Gasteiger partial charge is 0.399 e. The van der Waals surface area contributed by atoms with Gasteiger partial charge in [-0.2, -0.15) is 13.2 Å². The van der Waals surface area contributed by atoms with Crippen molar-refractivity contribution < 1.29 is 13.2 Å². The maximum atomic E-state index is 13.6. The average molecular weight is 438 g/mol. The van der Waals surface area contributed by atoms with Crippen LogP contribution < -0.4 is 0 Å². The molecule has 26 heavy (non-hydrogen) atoms. The van der Waals surface area contributed by atoms with Crippen molar-refractivity contribution >= 4 is 52.6 Å². The molecule has 1 aliphatic heterocycles. The fourth-order valence-corrected chi connectivity index (χ4v) is 4.49. The summed E-state index contributed by atoms with van der Waals surface area (Å²) in [4.78, 5) is 1.21. The number of allylic oxidation sites excluding steroid dienone is 1. The van der Waals surface area contributed by atoms with Gasteiger partial charge in [0.2, 0.25) is 0 Å². The van der Waals surface area contributed by atoms with E-state index < -0.39 is 12.1 Å². The smallest absolute Gasteiger partial charge is 0.170 e. The van der Waals surface area contributed by atoms with E-state index in [9.17, 15) is 13.2 Å². The minimum atomic E-state index is -4.47. The molecule has 0 bridgehead atoms. The molecule has 0 radical (unpaired) electrons. The molecular formula is C19H14Cl3F3S. The highest BCUT2D eigenvalue weighted by atomic mass is 35.5. The number of thioether (sulfide) groups is 1. The molecule has 1 atom stereocenters. The Bertz CT molecular complexity index is 823. The van der Waals surface area contributed by atoms with Gasteiger partial charge in [0, 0.05) is 4.90 Å². The summed E-state index contributed by atoms with van der Waals surface area (Å²) in [5.41, 5.74) is 1.89. The molecule has 7 heteroatoms. The van der Waals surface area contributed by atoms with Gasteiger partial charge in [0.1, 0.15) is 0 Å². The van der Waals surface area contributed by atoms with Crippen LogP contribution in [0, 0.1) is 0 Å². The predicted molar refractivity (Wildman–Crippen MR) is 105 cm³/mol. The monoisotopic (exact) mass is 436 g/mol. The van der Waals surface area contributed by atoms with Gasteiger partial charge in [0.15, 0.2) is 0 Å². The predicted octanol–water partition coefficient (Wildman–Crippen LogP) is 8.04. The molecule has 0 nitrogen and oxygen atoms in total. The quantitative estimate of drug-likeness (QED) is 0.438. The lowest BCUT2D eigenvalue weighted by molar-refractivity contribution is -0.139. The van der Waals surface area contributed by atoms with Gasteiger partial charge in [0.05, 0.1) is 21.0 Å². The molecule has 1 aliphatic rings. The van der Waals surface area contributed by atoms with Crippen molar-refractivity contribution in [2.75, 3.05) is 5.75 Å². The molecule has 0 aliphatic carbocycles. The average Bonchev–Trinajstić information content (AvgIpc) is 2.58. The van der Waals surface area contributed by atoms with Crippen LogP contribution in [0.15, 0.2) is 41.3 Å². The van der Waals surface area contributed by atoms with E-state index in [0.29, 0.717) is 0 Å². The molecule has 1 heterocycles. The van der Waals surface area contributed by atoms with Crippen molar-refractivity contribution in [3.63, 3.8) is 0 Å². The summed E-state index contributed by atoms with van der Waals surface area (Å²) in [6.45, 7) is 0. The second-order valence-corrected chi connectivity index (χ2v) is 8.33. The third-order valence-corrected chi connectivity index (χ3v) is 6.53. The fraction of sp³-hybridized carbons (Fsp3) is 0.263. The lowest BCUT2D eigenvalue weighted by Gasteiger charge is -2.19. The van der Waals surface area contributed by atoms with Crippen LogP contribution in [0.25, 0.3) is 6.08 Å². The van der Waals surface area contributed by atoms with Crippen LogP contribution >= 0.6 is 46.6 Å². The normalized spacial score (nSPS) is 15.9. The number of hydrogen-bond acceptors (Lipinski definition) is 1. The van der Waals surface area contributed by atoms with Crippen LogP contribution in [-0.4, -0.2) is 11.9 Å². The Morgan fingerprint density at radius 1 is 1.04 bits per heavy atom. The van der Waals surface area contributed by atoms with Crippen molar-refractivity contribution in [2.45, 2.75) is 29.8 Å². The number of fused-ring (bicyclic) bond motifs is 1. The summed E-state index contributed by atoms with van der Waals surface area (Å²) in [6, 6.07) is 8.18. The maximum Gasteiger partial charge on any atom is 0.399 e. The first-order valence-corrected chi connectivity index (χ1v) is 10.0. The van der Waals surface area contributed by atoms with Crippen LogP contribution in [0.1, 0.15) is 29.0 Å². The first-order valence-electron chi connectivity index (χ1n) is 7.91. The number of benzene rings is 2. The summed E-state index contributed by atoms with van der Waals surface area (Å²) in [5.74, 6) is -0.740. The molecule has 138 valence electrons. The van der Waals surface area contributed by atoms with Crippen molar-refractivity contribution in [1.82, 2.24) is 0 Å². The SMILES string of the molecule is FC(F)(F)C(/C=C/c1ccc2c(c1)CCCS2)c1cc(Cl)c(Cl)c(Cl)c1. The molecule has 0 saturated heterocycles. The Hall–Kier alpha value is -0.810. The van der Waals surface area contributed by atoms with Gasteiger partial charge in [-0.3, -0.25) is 0 Å². The van der Waals surface area contributed by atoms with Crippen molar-refractivity contribution in [2.24, 2.45) is 0 Å². The molecule has 0 amide bonds. The van der Waals surface area contributed by atoms with Crippen LogP contribution in [0.3, 0.4) is 0 Å². The highest BCUT2D eigenvalue weighted by molar-refractivity contribution is 7.99. The summed E-state index contributed by atoms with van der Waals surface area (Å²) < 4.78 is 40.7. The van der Waals surface area contributed by atoms with E-state index in [1.54, 1.807) is 11.8 Å². The summed E-state index contributed by atoms with van der Waals surface area (Å²) in [6.07, 6.45) is 0.190. The van der Waals surface area contributed by atoms with Gasteiger partial charge in [-0.15, -0.1) is 11.8 Å². The Kier molecular flexibility index (Phi) is 6.18. The van der Waals surface area contributed by atoms with Gasteiger partial charge in [-0.25, -0.2) is 0 Å². The minimum Gasteiger partial charge on any atom is -0.170 e. The highest BCUT2D eigenvalue weighted by Gasteiger charge is 2.39. The van der Waals surface area contributed by atoms with Crippen molar-refractivity contribution in [1.29, 1.82) is 0 Å². The van der Waals surface area contributed by atoms with Gasteiger partial charge >= 0.3 is 6.18 Å². The maximum absolute atomic E-state index is 13.6. The van der Waals surface area contributed by atoms with E-state index in [0.717, 1.165) is 30.2 Å². The van der Waals surface area contributed by atoms with Crippen molar-refractivity contribution in [3.8, 4) is 0 Å². The van der Waals surface area contributed by atoms with Gasteiger partial charge < -0.3 is 0 Å². The van der Waals surface area contributed by atoms with Crippen molar-refractivity contribution in [3.05, 3.63) is 68.2 Å². The van der Waals surface area contributed by atoms with E-state index in [1.165, 1.54) is 28.7 Å². The molecular weight excluding hydrogens is 424 g/mol. The number of hydrogen-bond donors (Lipinski definition) is 0. The number of aryl methyl sites for hydroxylation is 1. The molecule has 2 aromatic rings. The van der Waals surface area contributed by atoms with E-state index in [-0.39, 0.29) is 20.6 Å². The fourth-order valence-electron chi connectivity index (χ4n) is 2.86. The first kappa shape index (κ1) is 19.9. The second kappa shape index (κ2) is 8.05. The van der Waals surface area contributed by atoms with Crippen LogP contribution in [0.5, 0.6) is 0 Å². The van der Waals surface area contributed by atoms with E-state index in [4.69, 9.17) is 34.8 Å². The zero-order chi connectivity index (χ0) is 18.9. The van der Waals surface area contributed by atoms with E-state index >= 15 is 0 Å². The molecule has 0 spiro atoms. The molecule has 1 unspecified atom stereocenters. The molecule has 0 aromatic heterocycles. The zero-order valence-electron chi connectivity index (χ0n) is 13.4. The van der Waals surface area contributed by atoms with Crippen LogP contribution in [0.4, 0.5) is 13.2 Å². The lowest BCUT2D eigenvalue weighted by atomic mass is 9.96. The molecule has 3 rings (SSSR count). The number of halogens is 6. The summed E-state index contributed by atoms with van der Waals surface area (Å²) in [7, 11) is 0. The number of alkyl halides is 3. The van der Waals surface area contributed by atoms with Crippen LogP contribution in [0.2, 0.25) is 15.1 Å². The van der Waals surface area contributed by atoms with Crippen LogP contribution in [-0.2, 0) is 6.42 Å². The molecule has 0 N–H and O–H groups in total. The van der Waals surface area contributed by atoms with Gasteiger partial charge in [-0.1, -0.05) is 59.1 Å². The van der Waals surface area contributed by atoms with Gasteiger partial charge in [-0.05, 0) is 53.5 Å². The van der Waals surface area contributed by atoms with Gasteiger partial charge in [0.25, 0.3) is 0 Å². The third-order valence-electron chi connectivity index (χ3n) is 4.13. The Balaban J connectivity index is 1.93. The minimum absolute atomic E-state index is 0.00243. The Morgan fingerprint density at radius 3 is 2.38 bits per heavy atom. The first-order chi connectivity index (χ1) is 12.3. The zero-order valence-corrected chi connectivity index (χ0v) is 16.5. The highest BCUT2D eigenvalue weighted by Crippen LogP contribution is 2.41. The topological polar surface area (TPSA) is 0 Å². The van der Waals surface area contributed by atoms with E-state index in [2.05, 4.69) is 0 Å².